The lowest BCUT2D eigenvalue weighted by atomic mass is 10.0. The minimum atomic E-state index is 0.428. The molecule has 3 rings (SSSR count). The van der Waals surface area contributed by atoms with Gasteiger partial charge in [0, 0.05) is 6.54 Å². The van der Waals surface area contributed by atoms with Crippen LogP contribution in [0.15, 0.2) is 41.2 Å². The van der Waals surface area contributed by atoms with E-state index in [4.69, 9.17) is 4.52 Å². The standard InChI is InChI=1S/C15H18N6O/c1-11(12-6-4-3-5-7-12)8-21(2)9-13-18-15(20-22-13)14-16-10-17-19-14/h3-7,10-11H,8-9H2,1-2H3,(H,16,17,19)/t11-/m1/s1. The van der Waals surface area contributed by atoms with Crippen LogP contribution >= 0.6 is 0 Å². The van der Waals surface area contributed by atoms with Crippen LogP contribution in [0, 0.1) is 0 Å². The van der Waals surface area contributed by atoms with Gasteiger partial charge in [-0.3, -0.25) is 10.00 Å². The molecule has 0 saturated heterocycles. The van der Waals surface area contributed by atoms with E-state index >= 15 is 0 Å². The summed E-state index contributed by atoms with van der Waals surface area (Å²) in [5.41, 5.74) is 1.32. The Bertz CT molecular complexity index is 694. The summed E-state index contributed by atoms with van der Waals surface area (Å²) in [4.78, 5) is 10.5. The Morgan fingerprint density at radius 1 is 1.27 bits per heavy atom. The number of H-pyrrole nitrogens is 1. The van der Waals surface area contributed by atoms with Crippen molar-refractivity contribution >= 4 is 0 Å². The maximum Gasteiger partial charge on any atom is 0.241 e. The second-order valence-electron chi connectivity index (χ2n) is 5.35. The molecule has 0 fully saturated rings. The number of benzene rings is 1. The van der Waals surface area contributed by atoms with Crippen molar-refractivity contribution in [3.8, 4) is 11.6 Å². The van der Waals surface area contributed by atoms with Crippen molar-refractivity contribution in [1.29, 1.82) is 0 Å². The maximum atomic E-state index is 5.26. The van der Waals surface area contributed by atoms with Gasteiger partial charge < -0.3 is 4.52 Å². The van der Waals surface area contributed by atoms with Crippen molar-refractivity contribution in [2.45, 2.75) is 19.4 Å². The summed E-state index contributed by atoms with van der Waals surface area (Å²) in [6.45, 7) is 3.71. The number of nitrogens with zero attached hydrogens (tertiary/aromatic N) is 5. The van der Waals surface area contributed by atoms with Gasteiger partial charge in [0.05, 0.1) is 6.54 Å². The zero-order valence-electron chi connectivity index (χ0n) is 12.6. The fraction of sp³-hybridized carbons (Fsp3) is 0.333. The molecule has 1 atom stereocenters. The average molecular weight is 298 g/mol. The van der Waals surface area contributed by atoms with Gasteiger partial charge in [-0.1, -0.05) is 42.4 Å². The number of hydrogen-bond donors (Lipinski definition) is 1. The minimum Gasteiger partial charge on any atom is -0.337 e. The third kappa shape index (κ3) is 3.37. The summed E-state index contributed by atoms with van der Waals surface area (Å²) in [5.74, 6) is 1.93. The van der Waals surface area contributed by atoms with Gasteiger partial charge in [0.15, 0.2) is 5.82 Å². The summed E-state index contributed by atoms with van der Waals surface area (Å²) < 4.78 is 5.26. The van der Waals surface area contributed by atoms with Crippen molar-refractivity contribution in [1.82, 2.24) is 30.2 Å². The van der Waals surface area contributed by atoms with Gasteiger partial charge in [-0.05, 0) is 18.5 Å². The molecule has 7 heteroatoms. The highest BCUT2D eigenvalue weighted by molar-refractivity contribution is 5.39. The van der Waals surface area contributed by atoms with E-state index in [2.05, 4.69) is 61.4 Å². The van der Waals surface area contributed by atoms with Gasteiger partial charge in [-0.25, -0.2) is 4.98 Å². The van der Waals surface area contributed by atoms with Crippen molar-refractivity contribution in [3.63, 3.8) is 0 Å². The van der Waals surface area contributed by atoms with Crippen molar-refractivity contribution < 1.29 is 4.52 Å². The van der Waals surface area contributed by atoms with Crippen LogP contribution in [0.25, 0.3) is 11.6 Å². The average Bonchev–Trinajstić information content (AvgIpc) is 3.19. The first-order valence-electron chi connectivity index (χ1n) is 7.14. The van der Waals surface area contributed by atoms with Crippen LogP contribution < -0.4 is 0 Å². The molecule has 3 aromatic rings. The first-order valence-corrected chi connectivity index (χ1v) is 7.14. The molecule has 2 heterocycles. The highest BCUT2D eigenvalue weighted by Crippen LogP contribution is 2.17. The largest absolute Gasteiger partial charge is 0.337 e. The van der Waals surface area contributed by atoms with Crippen LogP contribution in [0.1, 0.15) is 24.3 Å². The molecule has 0 unspecified atom stereocenters. The molecule has 0 amide bonds. The van der Waals surface area contributed by atoms with Crippen LogP contribution in [0.2, 0.25) is 0 Å². The summed E-state index contributed by atoms with van der Waals surface area (Å²) >= 11 is 0. The number of rotatable bonds is 6. The van der Waals surface area contributed by atoms with E-state index in [0.29, 0.717) is 30.0 Å². The normalized spacial score (nSPS) is 12.7. The van der Waals surface area contributed by atoms with Crippen molar-refractivity contribution in [2.24, 2.45) is 0 Å². The topological polar surface area (TPSA) is 83.7 Å². The lowest BCUT2D eigenvalue weighted by Gasteiger charge is -2.19. The fourth-order valence-electron chi connectivity index (χ4n) is 2.38. The van der Waals surface area contributed by atoms with Crippen LogP contribution in [0.4, 0.5) is 0 Å². The Morgan fingerprint density at radius 3 is 2.82 bits per heavy atom. The molecule has 0 aliphatic carbocycles. The first kappa shape index (κ1) is 14.4. The van der Waals surface area contributed by atoms with Gasteiger partial charge in [0.2, 0.25) is 11.7 Å². The Morgan fingerprint density at radius 2 is 2.09 bits per heavy atom. The summed E-state index contributed by atoms with van der Waals surface area (Å²) in [6.07, 6.45) is 1.42. The van der Waals surface area contributed by atoms with Gasteiger partial charge in [0.25, 0.3) is 0 Å². The highest BCUT2D eigenvalue weighted by atomic mass is 16.5. The second-order valence-corrected chi connectivity index (χ2v) is 5.35. The molecular formula is C15H18N6O. The molecule has 0 aliphatic rings. The predicted octanol–water partition coefficient (Wildman–Crippen LogP) is 2.09. The molecular weight excluding hydrogens is 280 g/mol. The molecule has 0 bridgehead atoms. The van der Waals surface area contributed by atoms with Crippen molar-refractivity contribution in [2.75, 3.05) is 13.6 Å². The quantitative estimate of drug-likeness (QED) is 0.750. The molecule has 7 nitrogen and oxygen atoms in total. The summed E-state index contributed by atoms with van der Waals surface area (Å²) in [5, 5.41) is 10.4. The molecule has 1 N–H and O–H groups in total. The molecule has 22 heavy (non-hydrogen) atoms. The molecule has 0 spiro atoms. The van der Waals surface area contributed by atoms with Gasteiger partial charge in [-0.2, -0.15) is 10.1 Å². The zero-order valence-corrected chi connectivity index (χ0v) is 12.6. The van der Waals surface area contributed by atoms with Crippen LogP contribution in [0.3, 0.4) is 0 Å². The minimum absolute atomic E-state index is 0.428. The van der Waals surface area contributed by atoms with Gasteiger partial charge >= 0.3 is 0 Å². The highest BCUT2D eigenvalue weighted by Gasteiger charge is 2.14. The van der Waals surface area contributed by atoms with Crippen LogP contribution in [-0.4, -0.2) is 43.8 Å². The van der Waals surface area contributed by atoms with E-state index in [1.165, 1.54) is 11.9 Å². The SMILES string of the molecule is C[C@H](CN(C)Cc1nc(-c2ncn[nH]2)no1)c1ccccc1. The summed E-state index contributed by atoms with van der Waals surface area (Å²) in [7, 11) is 2.04. The second kappa shape index (κ2) is 6.48. The number of hydrogen-bond acceptors (Lipinski definition) is 6. The number of nitrogens with one attached hydrogen (secondary N) is 1. The molecule has 2 aromatic heterocycles. The van der Waals surface area contributed by atoms with E-state index in [-0.39, 0.29) is 0 Å². The maximum absolute atomic E-state index is 5.26. The number of aromatic amines is 1. The molecule has 0 radical (unpaired) electrons. The lowest BCUT2D eigenvalue weighted by molar-refractivity contribution is 0.257. The van der Waals surface area contributed by atoms with Crippen LogP contribution in [-0.2, 0) is 6.54 Å². The number of aromatic nitrogens is 5. The third-order valence-corrected chi connectivity index (χ3v) is 3.45. The van der Waals surface area contributed by atoms with Gasteiger partial charge in [-0.15, -0.1) is 0 Å². The molecule has 1 aromatic carbocycles. The van der Waals surface area contributed by atoms with E-state index in [1.54, 1.807) is 0 Å². The zero-order chi connectivity index (χ0) is 15.4. The van der Waals surface area contributed by atoms with E-state index in [0.717, 1.165) is 6.54 Å². The Balaban J connectivity index is 1.59. The Kier molecular flexibility index (Phi) is 4.24. The van der Waals surface area contributed by atoms with E-state index < -0.39 is 0 Å². The Labute approximate surface area is 128 Å². The Hall–Kier alpha value is -2.54. The third-order valence-electron chi connectivity index (χ3n) is 3.45. The summed E-state index contributed by atoms with van der Waals surface area (Å²) in [6, 6.07) is 10.4. The first-order chi connectivity index (χ1) is 10.7. The van der Waals surface area contributed by atoms with Crippen LogP contribution in [0.5, 0.6) is 0 Å². The fourth-order valence-corrected chi connectivity index (χ4v) is 2.38. The van der Waals surface area contributed by atoms with E-state index in [1.807, 2.05) is 13.1 Å². The molecule has 0 saturated carbocycles. The smallest absolute Gasteiger partial charge is 0.241 e. The lowest BCUT2D eigenvalue weighted by Crippen LogP contribution is -2.23. The monoisotopic (exact) mass is 298 g/mol. The molecule has 114 valence electrons. The van der Waals surface area contributed by atoms with Crippen molar-refractivity contribution in [3.05, 3.63) is 48.1 Å². The number of likely N-dealkylation sites (N-methyl/N-ethyl adjacent to an activating group) is 1. The predicted molar refractivity (Wildman–Crippen MR) is 80.9 cm³/mol. The van der Waals surface area contributed by atoms with E-state index in [9.17, 15) is 0 Å². The molecule has 0 aliphatic heterocycles. The van der Waals surface area contributed by atoms with Gasteiger partial charge in [0.1, 0.15) is 6.33 Å².